The van der Waals surface area contributed by atoms with Gasteiger partial charge in [-0.1, -0.05) is 0 Å². The standard InChI is InChI=1S/C10H10N2O2/c1-5-9(11)8-4-6(13)2-3-7(8)10(14)12-5/h2-4,13H,11H2,1H3,(H,12,14). The fourth-order valence-corrected chi connectivity index (χ4v) is 1.46. The Morgan fingerprint density at radius 3 is 2.79 bits per heavy atom. The predicted octanol–water partition coefficient (Wildman–Crippen LogP) is 1.12. The monoisotopic (exact) mass is 190 g/mol. The Morgan fingerprint density at radius 2 is 2.07 bits per heavy atom. The number of phenolic OH excluding ortho intramolecular Hbond substituents is 1. The molecule has 0 atom stereocenters. The minimum absolute atomic E-state index is 0.106. The average Bonchev–Trinajstić information content (AvgIpc) is 2.14. The van der Waals surface area contributed by atoms with Crippen molar-refractivity contribution in [3.63, 3.8) is 0 Å². The number of nitrogens with two attached hydrogens (primary N) is 1. The molecule has 4 heteroatoms. The zero-order valence-electron chi connectivity index (χ0n) is 7.66. The molecule has 0 saturated carbocycles. The number of anilines is 1. The fourth-order valence-electron chi connectivity index (χ4n) is 1.46. The van der Waals surface area contributed by atoms with Gasteiger partial charge in [-0.05, 0) is 25.1 Å². The highest BCUT2D eigenvalue weighted by Crippen LogP contribution is 2.23. The second kappa shape index (κ2) is 2.77. The van der Waals surface area contributed by atoms with Crippen molar-refractivity contribution in [1.82, 2.24) is 4.98 Å². The van der Waals surface area contributed by atoms with Gasteiger partial charge in [0.05, 0.1) is 5.69 Å². The van der Waals surface area contributed by atoms with Crippen molar-refractivity contribution >= 4 is 16.5 Å². The number of aromatic nitrogens is 1. The van der Waals surface area contributed by atoms with E-state index in [0.29, 0.717) is 22.2 Å². The van der Waals surface area contributed by atoms with Gasteiger partial charge >= 0.3 is 0 Å². The molecule has 4 nitrogen and oxygen atoms in total. The first-order valence-corrected chi connectivity index (χ1v) is 4.20. The lowest BCUT2D eigenvalue weighted by molar-refractivity contribution is 0.476. The minimum atomic E-state index is -0.188. The van der Waals surface area contributed by atoms with Crippen LogP contribution in [0, 0.1) is 6.92 Å². The molecule has 0 saturated heterocycles. The molecule has 0 unspecified atom stereocenters. The number of phenols is 1. The number of pyridine rings is 1. The summed E-state index contributed by atoms with van der Waals surface area (Å²) in [6.07, 6.45) is 0. The molecule has 4 N–H and O–H groups in total. The minimum Gasteiger partial charge on any atom is -0.508 e. The molecule has 2 rings (SSSR count). The van der Waals surface area contributed by atoms with Gasteiger partial charge in [0.1, 0.15) is 5.75 Å². The number of aromatic hydroxyl groups is 1. The van der Waals surface area contributed by atoms with E-state index in [-0.39, 0.29) is 11.3 Å². The van der Waals surface area contributed by atoms with Gasteiger partial charge < -0.3 is 15.8 Å². The van der Waals surface area contributed by atoms with Crippen LogP contribution in [0.1, 0.15) is 5.69 Å². The number of H-pyrrole nitrogens is 1. The summed E-state index contributed by atoms with van der Waals surface area (Å²) in [7, 11) is 0. The summed E-state index contributed by atoms with van der Waals surface area (Å²) in [5, 5.41) is 10.3. The molecule has 0 aliphatic rings. The van der Waals surface area contributed by atoms with Crippen molar-refractivity contribution in [3.8, 4) is 5.75 Å². The highest BCUT2D eigenvalue weighted by atomic mass is 16.3. The first-order valence-electron chi connectivity index (χ1n) is 4.20. The predicted molar refractivity (Wildman–Crippen MR) is 55.4 cm³/mol. The summed E-state index contributed by atoms with van der Waals surface area (Å²) in [5.74, 6) is 0.106. The Bertz CT molecular complexity index is 558. The molecular formula is C10H10N2O2. The molecule has 14 heavy (non-hydrogen) atoms. The largest absolute Gasteiger partial charge is 0.508 e. The highest BCUT2D eigenvalue weighted by Gasteiger charge is 2.05. The Labute approximate surface area is 80.0 Å². The molecule has 0 aliphatic heterocycles. The molecule has 0 spiro atoms. The molecule has 2 aromatic rings. The van der Waals surface area contributed by atoms with E-state index in [0.717, 1.165) is 0 Å². The van der Waals surface area contributed by atoms with Crippen LogP contribution in [0.2, 0.25) is 0 Å². The van der Waals surface area contributed by atoms with Gasteiger partial charge in [-0.3, -0.25) is 4.79 Å². The number of nitrogen functional groups attached to an aromatic ring is 1. The summed E-state index contributed by atoms with van der Waals surface area (Å²) in [5.41, 5.74) is 6.70. The third-order valence-corrected chi connectivity index (χ3v) is 2.24. The third-order valence-electron chi connectivity index (χ3n) is 2.24. The fraction of sp³-hybridized carbons (Fsp3) is 0.100. The number of hydrogen-bond donors (Lipinski definition) is 3. The van der Waals surface area contributed by atoms with E-state index in [9.17, 15) is 9.90 Å². The number of aromatic amines is 1. The molecule has 1 aromatic heterocycles. The molecule has 0 fully saturated rings. The molecule has 1 aromatic carbocycles. The second-order valence-corrected chi connectivity index (χ2v) is 3.22. The van der Waals surface area contributed by atoms with E-state index in [1.165, 1.54) is 12.1 Å². The van der Waals surface area contributed by atoms with Crippen molar-refractivity contribution in [1.29, 1.82) is 0 Å². The third kappa shape index (κ3) is 1.12. The number of fused-ring (bicyclic) bond motifs is 1. The van der Waals surface area contributed by atoms with E-state index < -0.39 is 0 Å². The van der Waals surface area contributed by atoms with E-state index >= 15 is 0 Å². The lowest BCUT2D eigenvalue weighted by atomic mass is 10.1. The number of aryl methyl sites for hydroxylation is 1. The average molecular weight is 190 g/mol. The zero-order chi connectivity index (χ0) is 10.3. The Balaban J connectivity index is 3.03. The Kier molecular flexibility index (Phi) is 1.70. The van der Waals surface area contributed by atoms with Gasteiger partial charge in [0.25, 0.3) is 5.56 Å². The van der Waals surface area contributed by atoms with Crippen LogP contribution in [-0.2, 0) is 0 Å². The zero-order valence-corrected chi connectivity index (χ0v) is 7.66. The van der Waals surface area contributed by atoms with Gasteiger partial charge in [0.15, 0.2) is 0 Å². The van der Waals surface area contributed by atoms with E-state index in [1.54, 1.807) is 13.0 Å². The Hall–Kier alpha value is -1.97. The van der Waals surface area contributed by atoms with Crippen LogP contribution < -0.4 is 11.3 Å². The normalized spacial score (nSPS) is 10.6. The van der Waals surface area contributed by atoms with Crippen LogP contribution in [0.15, 0.2) is 23.0 Å². The highest BCUT2D eigenvalue weighted by molar-refractivity contribution is 5.93. The maximum Gasteiger partial charge on any atom is 0.256 e. The van der Waals surface area contributed by atoms with Gasteiger partial charge in [-0.15, -0.1) is 0 Å². The van der Waals surface area contributed by atoms with Crippen molar-refractivity contribution in [2.24, 2.45) is 0 Å². The molecule has 0 aliphatic carbocycles. The first-order chi connectivity index (χ1) is 6.59. The maximum atomic E-state index is 11.5. The summed E-state index contributed by atoms with van der Waals surface area (Å²) >= 11 is 0. The number of benzene rings is 1. The van der Waals surface area contributed by atoms with Gasteiger partial charge in [-0.25, -0.2) is 0 Å². The second-order valence-electron chi connectivity index (χ2n) is 3.22. The first kappa shape index (κ1) is 8.62. The van der Waals surface area contributed by atoms with E-state index in [1.807, 2.05) is 0 Å². The van der Waals surface area contributed by atoms with Crippen LogP contribution in [0.4, 0.5) is 5.69 Å². The van der Waals surface area contributed by atoms with Crippen molar-refractivity contribution in [2.75, 3.05) is 5.73 Å². The summed E-state index contributed by atoms with van der Waals surface area (Å²) in [4.78, 5) is 14.1. The van der Waals surface area contributed by atoms with Gasteiger partial charge in [-0.2, -0.15) is 0 Å². The van der Waals surface area contributed by atoms with Crippen LogP contribution in [0.5, 0.6) is 5.75 Å². The molecule has 1 heterocycles. The summed E-state index contributed by atoms with van der Waals surface area (Å²) in [6.45, 7) is 1.72. The molecular weight excluding hydrogens is 180 g/mol. The van der Waals surface area contributed by atoms with Gasteiger partial charge in [0, 0.05) is 16.5 Å². The van der Waals surface area contributed by atoms with Crippen LogP contribution in [0.3, 0.4) is 0 Å². The molecule has 0 bridgehead atoms. The van der Waals surface area contributed by atoms with Crippen molar-refractivity contribution in [3.05, 3.63) is 34.2 Å². The maximum absolute atomic E-state index is 11.5. The van der Waals surface area contributed by atoms with Crippen molar-refractivity contribution in [2.45, 2.75) is 6.92 Å². The Morgan fingerprint density at radius 1 is 1.36 bits per heavy atom. The van der Waals surface area contributed by atoms with Crippen LogP contribution in [-0.4, -0.2) is 10.1 Å². The van der Waals surface area contributed by atoms with E-state index in [4.69, 9.17) is 5.73 Å². The quantitative estimate of drug-likeness (QED) is 0.582. The summed E-state index contributed by atoms with van der Waals surface area (Å²) < 4.78 is 0. The molecule has 0 radical (unpaired) electrons. The molecule has 72 valence electrons. The van der Waals surface area contributed by atoms with Crippen molar-refractivity contribution < 1.29 is 5.11 Å². The lowest BCUT2D eigenvalue weighted by Crippen LogP contribution is -2.10. The topological polar surface area (TPSA) is 79.1 Å². The number of hydrogen-bond acceptors (Lipinski definition) is 3. The van der Waals surface area contributed by atoms with Crippen LogP contribution >= 0.6 is 0 Å². The number of nitrogens with one attached hydrogen (secondary N) is 1. The SMILES string of the molecule is Cc1[nH]c(=O)c2ccc(O)cc2c1N. The number of rotatable bonds is 0. The summed E-state index contributed by atoms with van der Waals surface area (Å²) in [6, 6.07) is 4.51. The lowest BCUT2D eigenvalue weighted by Gasteiger charge is -2.04. The van der Waals surface area contributed by atoms with Crippen LogP contribution in [0.25, 0.3) is 10.8 Å². The smallest absolute Gasteiger partial charge is 0.256 e. The van der Waals surface area contributed by atoms with E-state index in [2.05, 4.69) is 4.98 Å². The van der Waals surface area contributed by atoms with Gasteiger partial charge in [0.2, 0.25) is 0 Å². The molecule has 0 amide bonds.